The summed E-state index contributed by atoms with van der Waals surface area (Å²) in [4.78, 5) is 14.1. The number of nitrogens with zero attached hydrogens (tertiary/aromatic N) is 1. The van der Waals surface area contributed by atoms with Crippen LogP contribution in [0.4, 0.5) is 5.69 Å². The Hall–Kier alpha value is -1.07. The van der Waals surface area contributed by atoms with E-state index in [0.29, 0.717) is 12.5 Å². The van der Waals surface area contributed by atoms with Crippen LogP contribution in [-0.2, 0) is 11.3 Å². The van der Waals surface area contributed by atoms with E-state index in [1.807, 2.05) is 13.0 Å². The van der Waals surface area contributed by atoms with Gasteiger partial charge in [-0.2, -0.15) is 0 Å². The number of amides is 1. The SMILES string of the molecule is CC(C)CNCc1cc(Br)ccc1N1CCNC(=O)C1C. The summed E-state index contributed by atoms with van der Waals surface area (Å²) in [6, 6.07) is 6.16. The molecule has 5 heteroatoms. The minimum absolute atomic E-state index is 0.102. The minimum Gasteiger partial charge on any atom is -0.358 e. The molecule has 1 heterocycles. The molecule has 0 radical (unpaired) electrons. The fourth-order valence-corrected chi connectivity index (χ4v) is 2.99. The molecule has 0 bridgehead atoms. The minimum atomic E-state index is -0.122. The standard InChI is InChI=1S/C16H24BrN3O/c1-11(2)9-18-10-13-8-14(17)4-5-15(13)20-7-6-19-16(21)12(20)3/h4-5,8,11-12,18H,6-7,9-10H2,1-3H3,(H,19,21). The highest BCUT2D eigenvalue weighted by Gasteiger charge is 2.26. The Bertz CT molecular complexity index is 504. The first-order valence-corrected chi connectivity index (χ1v) is 8.32. The fourth-order valence-electron chi connectivity index (χ4n) is 2.58. The van der Waals surface area contributed by atoms with Crippen molar-refractivity contribution in [3.8, 4) is 0 Å². The van der Waals surface area contributed by atoms with Crippen molar-refractivity contribution >= 4 is 27.5 Å². The Labute approximate surface area is 135 Å². The molecule has 1 aromatic carbocycles. The number of hydrogen-bond acceptors (Lipinski definition) is 3. The number of anilines is 1. The van der Waals surface area contributed by atoms with Crippen LogP contribution in [0.15, 0.2) is 22.7 Å². The molecule has 2 N–H and O–H groups in total. The number of piperazine rings is 1. The fraction of sp³-hybridized carbons (Fsp3) is 0.562. The highest BCUT2D eigenvalue weighted by Crippen LogP contribution is 2.27. The van der Waals surface area contributed by atoms with Crippen LogP contribution < -0.4 is 15.5 Å². The molecular formula is C16H24BrN3O. The second-order valence-corrected chi connectivity index (χ2v) is 6.87. The van der Waals surface area contributed by atoms with E-state index in [4.69, 9.17) is 0 Å². The van der Waals surface area contributed by atoms with E-state index in [1.165, 1.54) is 5.56 Å². The van der Waals surface area contributed by atoms with E-state index >= 15 is 0 Å². The first kappa shape index (κ1) is 16.3. The van der Waals surface area contributed by atoms with E-state index in [0.717, 1.165) is 29.8 Å². The smallest absolute Gasteiger partial charge is 0.242 e. The van der Waals surface area contributed by atoms with Crippen molar-refractivity contribution in [2.24, 2.45) is 5.92 Å². The summed E-state index contributed by atoms with van der Waals surface area (Å²) in [5.74, 6) is 0.727. The highest BCUT2D eigenvalue weighted by atomic mass is 79.9. The average molecular weight is 354 g/mol. The summed E-state index contributed by atoms with van der Waals surface area (Å²) in [6.45, 7) is 9.73. The number of carbonyl (C=O) groups is 1. The zero-order valence-corrected chi connectivity index (χ0v) is 14.5. The van der Waals surface area contributed by atoms with Crippen LogP contribution in [-0.4, -0.2) is 31.6 Å². The quantitative estimate of drug-likeness (QED) is 0.854. The lowest BCUT2D eigenvalue weighted by molar-refractivity contribution is -0.122. The number of hydrogen-bond donors (Lipinski definition) is 2. The van der Waals surface area contributed by atoms with Crippen LogP contribution in [0.2, 0.25) is 0 Å². The van der Waals surface area contributed by atoms with E-state index in [1.54, 1.807) is 0 Å². The van der Waals surface area contributed by atoms with Crippen molar-refractivity contribution in [1.82, 2.24) is 10.6 Å². The molecule has 1 amide bonds. The van der Waals surface area contributed by atoms with Gasteiger partial charge in [-0.15, -0.1) is 0 Å². The number of halogens is 1. The van der Waals surface area contributed by atoms with Gasteiger partial charge in [-0.25, -0.2) is 0 Å². The maximum atomic E-state index is 11.9. The molecule has 1 fully saturated rings. The van der Waals surface area contributed by atoms with Crippen LogP contribution in [0.25, 0.3) is 0 Å². The zero-order valence-electron chi connectivity index (χ0n) is 12.9. The lowest BCUT2D eigenvalue weighted by Gasteiger charge is -2.36. The molecule has 116 valence electrons. The second kappa shape index (κ2) is 7.27. The Kier molecular flexibility index (Phi) is 5.65. The van der Waals surface area contributed by atoms with E-state index < -0.39 is 0 Å². The first-order valence-electron chi connectivity index (χ1n) is 7.52. The Morgan fingerprint density at radius 3 is 2.95 bits per heavy atom. The molecule has 1 saturated heterocycles. The molecule has 0 aliphatic carbocycles. The number of nitrogens with one attached hydrogen (secondary N) is 2. The van der Waals surface area contributed by atoms with Gasteiger partial charge in [0.15, 0.2) is 0 Å². The summed E-state index contributed by atoms with van der Waals surface area (Å²) in [5, 5.41) is 6.40. The number of carbonyl (C=O) groups excluding carboxylic acids is 1. The predicted molar refractivity (Wildman–Crippen MR) is 90.5 cm³/mol. The van der Waals surface area contributed by atoms with Gasteiger partial charge in [0.2, 0.25) is 5.91 Å². The van der Waals surface area contributed by atoms with Gasteiger partial charge in [0, 0.05) is 29.8 Å². The average Bonchev–Trinajstić information content (AvgIpc) is 2.42. The molecule has 4 nitrogen and oxygen atoms in total. The molecule has 0 spiro atoms. The summed E-state index contributed by atoms with van der Waals surface area (Å²) < 4.78 is 1.07. The predicted octanol–water partition coefficient (Wildman–Crippen LogP) is 2.52. The summed E-state index contributed by atoms with van der Waals surface area (Å²) in [7, 11) is 0. The van der Waals surface area contributed by atoms with Gasteiger partial charge >= 0.3 is 0 Å². The maximum Gasteiger partial charge on any atom is 0.242 e. The molecule has 1 atom stereocenters. The number of benzene rings is 1. The Morgan fingerprint density at radius 1 is 1.48 bits per heavy atom. The van der Waals surface area contributed by atoms with E-state index in [2.05, 4.69) is 57.4 Å². The summed E-state index contributed by atoms with van der Waals surface area (Å²) >= 11 is 3.54. The van der Waals surface area contributed by atoms with Crippen LogP contribution in [0.1, 0.15) is 26.3 Å². The molecule has 0 aromatic heterocycles. The monoisotopic (exact) mass is 353 g/mol. The van der Waals surface area contributed by atoms with Gasteiger partial charge in [-0.1, -0.05) is 29.8 Å². The third kappa shape index (κ3) is 4.20. The zero-order chi connectivity index (χ0) is 15.4. The van der Waals surface area contributed by atoms with Gasteiger partial charge in [0.25, 0.3) is 0 Å². The van der Waals surface area contributed by atoms with E-state index in [9.17, 15) is 4.79 Å². The number of rotatable bonds is 5. The van der Waals surface area contributed by atoms with Crippen molar-refractivity contribution in [2.75, 3.05) is 24.5 Å². The van der Waals surface area contributed by atoms with Crippen LogP contribution in [0.3, 0.4) is 0 Å². The Balaban J connectivity index is 2.19. The van der Waals surface area contributed by atoms with Gasteiger partial charge in [0.1, 0.15) is 6.04 Å². The van der Waals surface area contributed by atoms with Gasteiger partial charge in [-0.05, 0) is 43.1 Å². The van der Waals surface area contributed by atoms with Crippen molar-refractivity contribution in [3.63, 3.8) is 0 Å². The maximum absolute atomic E-state index is 11.9. The molecule has 21 heavy (non-hydrogen) atoms. The van der Waals surface area contributed by atoms with E-state index in [-0.39, 0.29) is 11.9 Å². The summed E-state index contributed by atoms with van der Waals surface area (Å²) in [5.41, 5.74) is 2.38. The van der Waals surface area contributed by atoms with Gasteiger partial charge < -0.3 is 15.5 Å². The van der Waals surface area contributed by atoms with Crippen LogP contribution >= 0.6 is 15.9 Å². The molecule has 2 rings (SSSR count). The lowest BCUT2D eigenvalue weighted by Crippen LogP contribution is -2.54. The van der Waals surface area contributed by atoms with Crippen molar-refractivity contribution in [2.45, 2.75) is 33.4 Å². The lowest BCUT2D eigenvalue weighted by atomic mass is 10.1. The normalized spacial score (nSPS) is 19.0. The van der Waals surface area contributed by atoms with Crippen LogP contribution in [0.5, 0.6) is 0 Å². The third-order valence-corrected chi connectivity index (χ3v) is 4.21. The first-order chi connectivity index (χ1) is 9.99. The van der Waals surface area contributed by atoms with Crippen molar-refractivity contribution < 1.29 is 4.79 Å². The van der Waals surface area contributed by atoms with Gasteiger partial charge in [0.05, 0.1) is 0 Å². The van der Waals surface area contributed by atoms with Crippen molar-refractivity contribution in [3.05, 3.63) is 28.2 Å². The third-order valence-electron chi connectivity index (χ3n) is 3.72. The molecule has 0 saturated carbocycles. The molecule has 1 aliphatic heterocycles. The van der Waals surface area contributed by atoms with Crippen LogP contribution in [0, 0.1) is 5.92 Å². The second-order valence-electron chi connectivity index (χ2n) is 5.96. The van der Waals surface area contributed by atoms with Gasteiger partial charge in [-0.3, -0.25) is 4.79 Å². The summed E-state index contributed by atoms with van der Waals surface area (Å²) in [6.07, 6.45) is 0. The van der Waals surface area contributed by atoms with Crippen molar-refractivity contribution in [1.29, 1.82) is 0 Å². The molecule has 1 aromatic rings. The molecule has 1 unspecified atom stereocenters. The topological polar surface area (TPSA) is 44.4 Å². The highest BCUT2D eigenvalue weighted by molar-refractivity contribution is 9.10. The molecular weight excluding hydrogens is 330 g/mol. The largest absolute Gasteiger partial charge is 0.358 e. The molecule has 1 aliphatic rings. The Morgan fingerprint density at radius 2 is 2.24 bits per heavy atom.